The molecule has 2 heterocycles. The maximum atomic E-state index is 12.3. The van der Waals surface area contributed by atoms with Crippen LogP contribution in [-0.2, 0) is 4.74 Å². The lowest BCUT2D eigenvalue weighted by molar-refractivity contribution is 0.0943. The standard InChI is InChI=1S/C22H31N5O2/c1-16-9-12-27(13-10-16)19-7-5-18(6-8-19)26-21-15-20(24-17(2)25-21)22(28)23-11-4-14-29-3/h5-8,15-16H,4,9-14H2,1-3H3,(H,23,28)(H,24,25,26). The first-order valence-corrected chi connectivity index (χ1v) is 10.3. The van der Waals surface area contributed by atoms with Crippen LogP contribution in [0.2, 0.25) is 0 Å². The Morgan fingerprint density at radius 1 is 1.21 bits per heavy atom. The number of methoxy groups -OCH3 is 1. The van der Waals surface area contributed by atoms with Gasteiger partial charge in [-0.05, 0) is 56.4 Å². The van der Waals surface area contributed by atoms with Gasteiger partial charge < -0.3 is 20.3 Å². The summed E-state index contributed by atoms with van der Waals surface area (Å²) in [7, 11) is 1.65. The SMILES string of the molecule is COCCCNC(=O)c1cc(Nc2ccc(N3CCC(C)CC3)cc2)nc(C)n1. The number of anilines is 3. The zero-order valence-electron chi connectivity index (χ0n) is 17.6. The molecule has 3 rings (SSSR count). The van der Waals surface area contributed by atoms with Crippen LogP contribution >= 0.6 is 0 Å². The zero-order chi connectivity index (χ0) is 20.6. The fraction of sp³-hybridized carbons (Fsp3) is 0.500. The van der Waals surface area contributed by atoms with Crippen molar-refractivity contribution >= 4 is 23.1 Å². The van der Waals surface area contributed by atoms with Crippen molar-refractivity contribution in [1.29, 1.82) is 0 Å². The number of nitrogens with zero attached hydrogens (tertiary/aromatic N) is 3. The fourth-order valence-electron chi connectivity index (χ4n) is 3.43. The monoisotopic (exact) mass is 397 g/mol. The molecule has 0 bridgehead atoms. The first-order valence-electron chi connectivity index (χ1n) is 10.3. The van der Waals surface area contributed by atoms with Crippen molar-refractivity contribution in [1.82, 2.24) is 15.3 Å². The van der Waals surface area contributed by atoms with Crippen molar-refractivity contribution in [2.45, 2.75) is 33.1 Å². The molecule has 1 saturated heterocycles. The highest BCUT2D eigenvalue weighted by molar-refractivity contribution is 5.93. The minimum Gasteiger partial charge on any atom is -0.385 e. The van der Waals surface area contributed by atoms with Gasteiger partial charge >= 0.3 is 0 Å². The molecule has 0 aliphatic carbocycles. The maximum absolute atomic E-state index is 12.3. The molecule has 2 N–H and O–H groups in total. The lowest BCUT2D eigenvalue weighted by atomic mass is 9.99. The molecular weight excluding hydrogens is 366 g/mol. The van der Waals surface area contributed by atoms with E-state index >= 15 is 0 Å². The van der Waals surface area contributed by atoms with E-state index < -0.39 is 0 Å². The van der Waals surface area contributed by atoms with Crippen LogP contribution in [0.25, 0.3) is 0 Å². The van der Waals surface area contributed by atoms with Crippen molar-refractivity contribution in [3.63, 3.8) is 0 Å². The molecule has 0 spiro atoms. The third-order valence-electron chi connectivity index (χ3n) is 5.17. The van der Waals surface area contributed by atoms with E-state index in [1.165, 1.54) is 18.5 Å². The van der Waals surface area contributed by atoms with Crippen LogP contribution in [0.15, 0.2) is 30.3 Å². The van der Waals surface area contributed by atoms with Crippen LogP contribution in [0, 0.1) is 12.8 Å². The maximum Gasteiger partial charge on any atom is 0.270 e. The third kappa shape index (κ3) is 6.15. The molecule has 7 nitrogen and oxygen atoms in total. The van der Waals surface area contributed by atoms with Gasteiger partial charge in [-0.25, -0.2) is 9.97 Å². The Morgan fingerprint density at radius 3 is 2.62 bits per heavy atom. The summed E-state index contributed by atoms with van der Waals surface area (Å²) in [5.41, 5.74) is 2.54. The highest BCUT2D eigenvalue weighted by atomic mass is 16.5. The van der Waals surface area contributed by atoms with Crippen LogP contribution in [0.4, 0.5) is 17.2 Å². The second kappa shape index (κ2) is 10.2. The average molecular weight is 398 g/mol. The third-order valence-corrected chi connectivity index (χ3v) is 5.17. The van der Waals surface area contributed by atoms with Gasteiger partial charge in [-0.2, -0.15) is 0 Å². The Kier molecular flexibility index (Phi) is 7.41. The van der Waals surface area contributed by atoms with Gasteiger partial charge in [-0.1, -0.05) is 6.92 Å². The molecule has 1 aromatic heterocycles. The summed E-state index contributed by atoms with van der Waals surface area (Å²) in [6.07, 6.45) is 3.26. The van der Waals surface area contributed by atoms with E-state index in [0.29, 0.717) is 30.5 Å². The van der Waals surface area contributed by atoms with Gasteiger partial charge in [0.2, 0.25) is 0 Å². The summed E-state index contributed by atoms with van der Waals surface area (Å²) < 4.78 is 5.00. The average Bonchev–Trinajstić information content (AvgIpc) is 2.72. The first-order chi connectivity index (χ1) is 14.0. The largest absolute Gasteiger partial charge is 0.385 e. The number of carbonyl (C=O) groups is 1. The molecule has 1 aromatic carbocycles. The molecule has 1 amide bonds. The lowest BCUT2D eigenvalue weighted by Gasteiger charge is -2.32. The van der Waals surface area contributed by atoms with Gasteiger partial charge in [0.05, 0.1) is 0 Å². The molecule has 0 atom stereocenters. The number of carbonyl (C=O) groups excluding carboxylic acids is 1. The molecular formula is C22H31N5O2. The Balaban J connectivity index is 1.62. The van der Waals surface area contributed by atoms with Crippen LogP contribution in [0.5, 0.6) is 0 Å². The van der Waals surface area contributed by atoms with E-state index in [1.54, 1.807) is 20.1 Å². The highest BCUT2D eigenvalue weighted by Gasteiger charge is 2.16. The molecule has 0 saturated carbocycles. The Bertz CT molecular complexity index is 801. The number of aryl methyl sites for hydroxylation is 1. The summed E-state index contributed by atoms with van der Waals surface area (Å²) >= 11 is 0. The summed E-state index contributed by atoms with van der Waals surface area (Å²) in [5, 5.41) is 6.14. The van der Waals surface area contributed by atoms with Crippen LogP contribution < -0.4 is 15.5 Å². The number of rotatable bonds is 8. The van der Waals surface area contributed by atoms with Crippen molar-refractivity contribution in [3.8, 4) is 0 Å². The van der Waals surface area contributed by atoms with Gasteiger partial charge in [0.1, 0.15) is 17.3 Å². The Hall–Kier alpha value is -2.67. The lowest BCUT2D eigenvalue weighted by Crippen LogP contribution is -2.32. The topological polar surface area (TPSA) is 79.4 Å². The van der Waals surface area contributed by atoms with Gasteiger partial charge in [-0.15, -0.1) is 0 Å². The zero-order valence-corrected chi connectivity index (χ0v) is 17.6. The van der Waals surface area contributed by atoms with E-state index in [0.717, 1.165) is 31.1 Å². The van der Waals surface area contributed by atoms with Crippen molar-refractivity contribution < 1.29 is 9.53 Å². The van der Waals surface area contributed by atoms with Crippen molar-refractivity contribution in [2.24, 2.45) is 5.92 Å². The Labute approximate surface area is 172 Å². The molecule has 0 radical (unpaired) electrons. The molecule has 1 fully saturated rings. The number of benzene rings is 1. The molecule has 2 aromatic rings. The van der Waals surface area contributed by atoms with Crippen LogP contribution in [0.1, 0.15) is 42.5 Å². The summed E-state index contributed by atoms with van der Waals surface area (Å²) in [6.45, 7) is 7.50. The first kappa shape index (κ1) is 21.0. The molecule has 1 aliphatic rings. The van der Waals surface area contributed by atoms with E-state index in [2.05, 4.69) is 56.7 Å². The predicted molar refractivity (Wildman–Crippen MR) is 116 cm³/mol. The summed E-state index contributed by atoms with van der Waals surface area (Å²) in [5.74, 6) is 1.78. The normalized spacial score (nSPS) is 14.7. The minimum absolute atomic E-state index is 0.204. The van der Waals surface area contributed by atoms with Crippen LogP contribution in [0.3, 0.4) is 0 Å². The fourth-order valence-corrected chi connectivity index (χ4v) is 3.43. The van der Waals surface area contributed by atoms with Crippen molar-refractivity contribution in [3.05, 3.63) is 41.9 Å². The van der Waals surface area contributed by atoms with Crippen LogP contribution in [-0.4, -0.2) is 49.2 Å². The minimum atomic E-state index is -0.204. The number of amides is 1. The van der Waals surface area contributed by atoms with E-state index in [9.17, 15) is 4.79 Å². The molecule has 156 valence electrons. The molecule has 7 heteroatoms. The summed E-state index contributed by atoms with van der Waals surface area (Å²) in [4.78, 5) is 23.4. The number of nitrogens with one attached hydrogen (secondary N) is 2. The summed E-state index contributed by atoms with van der Waals surface area (Å²) in [6, 6.07) is 10.1. The van der Waals surface area contributed by atoms with Gasteiger partial charge in [0.15, 0.2) is 0 Å². The van der Waals surface area contributed by atoms with Crippen molar-refractivity contribution in [2.75, 3.05) is 43.6 Å². The number of hydrogen-bond donors (Lipinski definition) is 2. The highest BCUT2D eigenvalue weighted by Crippen LogP contribution is 2.25. The van der Waals surface area contributed by atoms with Gasteiger partial charge in [0.25, 0.3) is 5.91 Å². The van der Waals surface area contributed by atoms with E-state index in [4.69, 9.17) is 4.74 Å². The number of ether oxygens (including phenoxy) is 1. The molecule has 0 unspecified atom stereocenters. The van der Waals surface area contributed by atoms with Gasteiger partial charge in [0, 0.05) is 50.8 Å². The number of piperidine rings is 1. The predicted octanol–water partition coefficient (Wildman–Crippen LogP) is 3.53. The van der Waals surface area contributed by atoms with Gasteiger partial charge in [-0.3, -0.25) is 4.79 Å². The second-order valence-corrected chi connectivity index (χ2v) is 7.63. The Morgan fingerprint density at radius 2 is 1.93 bits per heavy atom. The number of aromatic nitrogens is 2. The van der Waals surface area contributed by atoms with E-state index in [1.807, 2.05) is 0 Å². The molecule has 29 heavy (non-hydrogen) atoms. The quantitative estimate of drug-likeness (QED) is 0.664. The number of hydrogen-bond acceptors (Lipinski definition) is 6. The second-order valence-electron chi connectivity index (χ2n) is 7.63. The smallest absolute Gasteiger partial charge is 0.270 e. The molecule has 1 aliphatic heterocycles. The van der Waals surface area contributed by atoms with E-state index in [-0.39, 0.29) is 5.91 Å².